The maximum atomic E-state index is 14.2. The summed E-state index contributed by atoms with van der Waals surface area (Å²) in [6.07, 6.45) is 0.0671. The summed E-state index contributed by atoms with van der Waals surface area (Å²) < 4.78 is 32.7. The van der Waals surface area contributed by atoms with Crippen LogP contribution < -0.4 is 10.1 Å². The molecule has 0 saturated carbocycles. The zero-order chi connectivity index (χ0) is 15.2. The van der Waals surface area contributed by atoms with Crippen molar-refractivity contribution in [2.24, 2.45) is 0 Å². The van der Waals surface area contributed by atoms with Crippen LogP contribution in [0.4, 0.5) is 8.78 Å². The zero-order valence-corrected chi connectivity index (χ0v) is 10.7. The predicted octanol–water partition coefficient (Wildman–Crippen LogP) is 1.80. The second-order valence-electron chi connectivity index (χ2n) is 5.01. The molecule has 21 heavy (non-hydrogen) atoms. The molecule has 0 radical (unpaired) electrons. The summed E-state index contributed by atoms with van der Waals surface area (Å²) in [6, 6.07) is 3.34. The number of carbonyl (C=O) groups excluding carboxylic acids is 1. The Bertz CT molecular complexity index is 724. The number of hydrogen-bond acceptors (Lipinski definition) is 4. The van der Waals surface area contributed by atoms with Crippen LogP contribution in [0, 0.1) is 23.0 Å². The lowest BCUT2D eigenvalue weighted by Crippen LogP contribution is -2.52. The molecule has 7 heteroatoms. The molecule has 0 aliphatic carbocycles. The van der Waals surface area contributed by atoms with Crippen molar-refractivity contribution < 1.29 is 23.4 Å². The van der Waals surface area contributed by atoms with Crippen LogP contribution in [0.25, 0.3) is 0 Å². The third-order valence-corrected chi connectivity index (χ3v) is 3.73. The molecule has 1 aromatic carbocycles. The van der Waals surface area contributed by atoms with Gasteiger partial charge in [-0.1, -0.05) is 0 Å². The van der Waals surface area contributed by atoms with Crippen LogP contribution >= 0.6 is 0 Å². The van der Waals surface area contributed by atoms with Crippen molar-refractivity contribution in [2.45, 2.75) is 18.4 Å². The lowest BCUT2D eigenvalue weighted by molar-refractivity contribution is -0.120. The molecule has 1 aromatic rings. The van der Waals surface area contributed by atoms with Crippen LogP contribution in [-0.2, 0) is 10.3 Å². The van der Waals surface area contributed by atoms with Gasteiger partial charge in [0.25, 0.3) is 5.91 Å². The average molecular weight is 292 g/mol. The van der Waals surface area contributed by atoms with Gasteiger partial charge in [0.15, 0.2) is 5.57 Å². The highest BCUT2D eigenvalue weighted by Gasteiger charge is 2.46. The number of hydrogen-bond donors (Lipinski definition) is 2. The van der Waals surface area contributed by atoms with Gasteiger partial charge in [-0.25, -0.2) is 8.78 Å². The van der Waals surface area contributed by atoms with Gasteiger partial charge in [-0.05, 0) is 0 Å². The van der Waals surface area contributed by atoms with Gasteiger partial charge in [-0.2, -0.15) is 5.26 Å². The normalized spacial score (nSPS) is 24.1. The highest BCUT2D eigenvalue weighted by atomic mass is 19.1. The molecular formula is C14H10F2N2O3. The first-order chi connectivity index (χ1) is 9.97. The van der Waals surface area contributed by atoms with Crippen LogP contribution in [0.3, 0.4) is 0 Å². The van der Waals surface area contributed by atoms with Crippen molar-refractivity contribution in [1.82, 2.24) is 5.32 Å². The van der Waals surface area contributed by atoms with Crippen LogP contribution in [0.2, 0.25) is 0 Å². The van der Waals surface area contributed by atoms with Crippen molar-refractivity contribution in [1.29, 1.82) is 5.26 Å². The second-order valence-corrected chi connectivity index (χ2v) is 5.01. The molecule has 2 aliphatic rings. The number of nitriles is 1. The lowest BCUT2D eigenvalue weighted by Gasteiger charge is -2.41. The van der Waals surface area contributed by atoms with Gasteiger partial charge in [0, 0.05) is 25.0 Å². The summed E-state index contributed by atoms with van der Waals surface area (Å²) in [5.74, 6) is -2.84. The molecule has 5 nitrogen and oxygen atoms in total. The van der Waals surface area contributed by atoms with E-state index >= 15 is 0 Å². The Balaban J connectivity index is 2.18. The fourth-order valence-electron chi connectivity index (χ4n) is 2.83. The van der Waals surface area contributed by atoms with Gasteiger partial charge in [0.1, 0.15) is 29.2 Å². The monoisotopic (exact) mass is 292 g/mol. The summed E-state index contributed by atoms with van der Waals surface area (Å²) >= 11 is 0. The van der Waals surface area contributed by atoms with Gasteiger partial charge in [0.2, 0.25) is 0 Å². The minimum atomic E-state index is -1.23. The maximum Gasteiger partial charge on any atom is 0.266 e. The fraction of sp³-hybridized carbons (Fsp3) is 0.286. The summed E-state index contributed by atoms with van der Waals surface area (Å²) in [7, 11) is 0. The van der Waals surface area contributed by atoms with Crippen LogP contribution in [0.5, 0.6) is 5.75 Å². The van der Waals surface area contributed by atoms with E-state index in [1.165, 1.54) is 0 Å². The summed E-state index contributed by atoms with van der Waals surface area (Å²) in [4.78, 5) is 11.9. The first kappa shape index (κ1) is 13.4. The standard InChI is InChI=1S/C14H10F2N2O3/c15-7-3-9(16)12-11(4-7)21-2-1-14(12)5-10(19)8(6-17)13(20)18-14/h3-4,19H,1-2,5H2,(H,18,20)/t14-/m0/s1. The highest BCUT2D eigenvalue weighted by Crippen LogP contribution is 2.44. The van der Waals surface area contributed by atoms with E-state index in [0.717, 1.165) is 6.07 Å². The number of nitrogens with zero attached hydrogens (tertiary/aromatic N) is 1. The number of ether oxygens (including phenoxy) is 1. The number of aliphatic hydroxyl groups excluding tert-OH is 1. The van der Waals surface area contributed by atoms with E-state index in [9.17, 15) is 18.7 Å². The molecule has 3 rings (SSSR count). The average Bonchev–Trinajstić information content (AvgIpc) is 2.37. The summed E-state index contributed by atoms with van der Waals surface area (Å²) in [5, 5.41) is 21.3. The lowest BCUT2D eigenvalue weighted by atomic mass is 9.78. The van der Waals surface area contributed by atoms with Gasteiger partial charge in [-0.3, -0.25) is 4.79 Å². The number of rotatable bonds is 0. The third-order valence-electron chi connectivity index (χ3n) is 3.73. The maximum absolute atomic E-state index is 14.2. The van der Waals surface area contributed by atoms with Gasteiger partial charge in [-0.15, -0.1) is 0 Å². The fourth-order valence-corrected chi connectivity index (χ4v) is 2.83. The number of benzene rings is 1. The van der Waals surface area contributed by atoms with Crippen LogP contribution in [0.1, 0.15) is 18.4 Å². The number of aliphatic hydroxyl groups is 1. The third kappa shape index (κ3) is 1.91. The smallest absolute Gasteiger partial charge is 0.266 e. The molecule has 0 fully saturated rings. The first-order valence-corrected chi connectivity index (χ1v) is 6.24. The van der Waals surface area contributed by atoms with Crippen molar-refractivity contribution in [3.05, 3.63) is 40.7 Å². The molecule has 2 N–H and O–H groups in total. The van der Waals surface area contributed by atoms with Gasteiger partial charge < -0.3 is 15.2 Å². The van der Waals surface area contributed by atoms with E-state index in [4.69, 9.17) is 10.00 Å². The first-order valence-electron chi connectivity index (χ1n) is 6.24. The molecule has 0 bridgehead atoms. The molecule has 1 atom stereocenters. The quantitative estimate of drug-likeness (QED) is 0.764. The summed E-state index contributed by atoms with van der Waals surface area (Å²) in [5.41, 5.74) is -1.63. The van der Waals surface area contributed by atoms with Crippen molar-refractivity contribution in [3.63, 3.8) is 0 Å². The molecule has 108 valence electrons. The minimum absolute atomic E-state index is 0.00717. The Morgan fingerprint density at radius 2 is 2.19 bits per heavy atom. The molecule has 0 saturated heterocycles. The molecule has 0 aromatic heterocycles. The van der Waals surface area contributed by atoms with Crippen LogP contribution in [-0.4, -0.2) is 17.6 Å². The predicted molar refractivity (Wildman–Crippen MR) is 66.2 cm³/mol. The number of carbonyl (C=O) groups is 1. The van der Waals surface area contributed by atoms with E-state index in [-0.39, 0.29) is 30.8 Å². The Morgan fingerprint density at radius 1 is 1.43 bits per heavy atom. The van der Waals surface area contributed by atoms with Crippen LogP contribution in [0.15, 0.2) is 23.5 Å². The molecule has 2 aliphatic heterocycles. The largest absolute Gasteiger partial charge is 0.511 e. The highest BCUT2D eigenvalue weighted by molar-refractivity contribution is 5.99. The van der Waals surface area contributed by atoms with Gasteiger partial charge >= 0.3 is 0 Å². The van der Waals surface area contributed by atoms with Crippen molar-refractivity contribution >= 4 is 5.91 Å². The SMILES string of the molecule is N#CC1=C(O)C[C@]2(CCOc3cc(F)cc(F)c32)NC1=O. The molecule has 0 unspecified atom stereocenters. The number of fused-ring (bicyclic) bond motifs is 2. The molecule has 1 amide bonds. The van der Waals surface area contributed by atoms with Gasteiger partial charge in [0.05, 0.1) is 17.7 Å². The van der Waals surface area contributed by atoms with E-state index < -0.39 is 34.4 Å². The summed E-state index contributed by atoms with van der Waals surface area (Å²) in [6.45, 7) is 0.130. The van der Waals surface area contributed by atoms with E-state index in [0.29, 0.717) is 6.07 Å². The van der Waals surface area contributed by atoms with E-state index in [2.05, 4.69) is 5.32 Å². The number of halogens is 2. The van der Waals surface area contributed by atoms with E-state index in [1.54, 1.807) is 6.07 Å². The Morgan fingerprint density at radius 3 is 2.86 bits per heavy atom. The Kier molecular flexibility index (Phi) is 2.83. The van der Waals surface area contributed by atoms with E-state index in [1.807, 2.05) is 0 Å². The van der Waals surface area contributed by atoms with Crippen molar-refractivity contribution in [2.75, 3.05) is 6.61 Å². The zero-order valence-electron chi connectivity index (χ0n) is 10.7. The molecule has 1 spiro atoms. The molecular weight excluding hydrogens is 282 g/mol. The number of nitrogens with one attached hydrogen (secondary N) is 1. The second kappa shape index (κ2) is 4.45. The molecule has 2 heterocycles. The Hall–Kier alpha value is -2.62. The Labute approximate surface area is 118 Å². The minimum Gasteiger partial charge on any atom is -0.511 e. The topological polar surface area (TPSA) is 82.3 Å². The van der Waals surface area contributed by atoms with Crippen molar-refractivity contribution in [3.8, 4) is 11.8 Å². The number of amides is 1.